The molecule has 2 unspecified atom stereocenters. The van der Waals surface area contributed by atoms with Crippen molar-refractivity contribution in [2.45, 2.75) is 25.9 Å². The minimum absolute atomic E-state index is 0.370. The quantitative estimate of drug-likeness (QED) is 0.878. The van der Waals surface area contributed by atoms with Crippen molar-refractivity contribution >= 4 is 5.82 Å². The summed E-state index contributed by atoms with van der Waals surface area (Å²) in [4.78, 5) is 9.32. The van der Waals surface area contributed by atoms with Gasteiger partial charge in [0.2, 0.25) is 0 Å². The van der Waals surface area contributed by atoms with Crippen LogP contribution in [-0.4, -0.2) is 49.7 Å². The van der Waals surface area contributed by atoms with Crippen molar-refractivity contribution in [3.8, 4) is 0 Å². The zero-order valence-corrected chi connectivity index (χ0v) is 11.8. The van der Waals surface area contributed by atoms with Crippen LogP contribution >= 0.6 is 0 Å². The fraction of sp³-hybridized carbons (Fsp3) is 0.643. The third-order valence-electron chi connectivity index (χ3n) is 3.83. The predicted molar refractivity (Wildman–Crippen MR) is 76.0 cm³/mol. The molecule has 100 valence electrons. The van der Waals surface area contributed by atoms with Crippen LogP contribution in [-0.2, 0) is 0 Å². The number of anilines is 1. The fourth-order valence-electron chi connectivity index (χ4n) is 2.51. The molecule has 1 saturated heterocycles. The zero-order chi connectivity index (χ0) is 13.1. The van der Waals surface area contributed by atoms with Gasteiger partial charge in [-0.25, -0.2) is 4.98 Å². The third kappa shape index (κ3) is 2.82. The van der Waals surface area contributed by atoms with Gasteiger partial charge in [-0.05, 0) is 45.6 Å². The van der Waals surface area contributed by atoms with Gasteiger partial charge in [-0.3, -0.25) is 0 Å². The molecule has 0 saturated carbocycles. The Hall–Kier alpha value is -1.13. The third-order valence-corrected chi connectivity index (χ3v) is 3.83. The van der Waals surface area contributed by atoms with Crippen LogP contribution in [0.1, 0.15) is 25.5 Å². The lowest BCUT2D eigenvalue weighted by atomic mass is 10.1. The van der Waals surface area contributed by atoms with Gasteiger partial charge in [-0.2, -0.15) is 0 Å². The molecule has 1 aromatic rings. The molecular formula is C14H24N4. The van der Waals surface area contributed by atoms with Crippen LogP contribution in [0.4, 0.5) is 5.82 Å². The van der Waals surface area contributed by atoms with E-state index in [1.807, 2.05) is 13.2 Å². The van der Waals surface area contributed by atoms with Crippen molar-refractivity contribution in [2.24, 2.45) is 0 Å². The first-order valence-electron chi connectivity index (χ1n) is 6.70. The first-order chi connectivity index (χ1) is 8.61. The van der Waals surface area contributed by atoms with Gasteiger partial charge in [0.05, 0.1) is 0 Å². The van der Waals surface area contributed by atoms with Crippen LogP contribution in [0.2, 0.25) is 0 Å². The summed E-state index contributed by atoms with van der Waals surface area (Å²) in [6.07, 6.45) is 1.92. The van der Waals surface area contributed by atoms with E-state index in [0.29, 0.717) is 12.1 Å². The molecule has 0 radical (unpaired) electrons. The zero-order valence-electron chi connectivity index (χ0n) is 11.8. The van der Waals surface area contributed by atoms with Crippen LogP contribution in [0.25, 0.3) is 0 Å². The molecule has 1 fully saturated rings. The Bertz CT molecular complexity index is 393. The Labute approximate surface area is 110 Å². The summed E-state index contributed by atoms with van der Waals surface area (Å²) in [5.74, 6) is 1.11. The minimum Gasteiger partial charge on any atom is -0.351 e. The molecular weight excluding hydrogens is 224 g/mol. The smallest absolute Gasteiger partial charge is 0.129 e. The number of nitrogens with one attached hydrogen (secondary N) is 1. The summed E-state index contributed by atoms with van der Waals surface area (Å²) in [6.45, 7) is 7.71. The van der Waals surface area contributed by atoms with Gasteiger partial charge in [0.15, 0.2) is 0 Å². The molecule has 18 heavy (non-hydrogen) atoms. The molecule has 0 amide bonds. The number of hydrogen-bond acceptors (Lipinski definition) is 4. The molecule has 0 bridgehead atoms. The Morgan fingerprint density at radius 1 is 1.44 bits per heavy atom. The van der Waals surface area contributed by atoms with Gasteiger partial charge in [-0.1, -0.05) is 0 Å². The van der Waals surface area contributed by atoms with Gasteiger partial charge in [-0.15, -0.1) is 0 Å². The van der Waals surface area contributed by atoms with E-state index >= 15 is 0 Å². The van der Waals surface area contributed by atoms with Gasteiger partial charge in [0, 0.05) is 37.9 Å². The summed E-state index contributed by atoms with van der Waals surface area (Å²) >= 11 is 0. The van der Waals surface area contributed by atoms with Gasteiger partial charge < -0.3 is 15.1 Å². The largest absolute Gasteiger partial charge is 0.351 e. The molecule has 4 nitrogen and oxygen atoms in total. The monoisotopic (exact) mass is 248 g/mol. The molecule has 2 atom stereocenters. The number of hydrogen-bond donors (Lipinski definition) is 1. The number of aromatic nitrogens is 1. The van der Waals surface area contributed by atoms with E-state index in [4.69, 9.17) is 0 Å². The van der Waals surface area contributed by atoms with Crippen LogP contribution in [0, 0.1) is 0 Å². The van der Waals surface area contributed by atoms with Crippen molar-refractivity contribution in [1.29, 1.82) is 0 Å². The summed E-state index contributed by atoms with van der Waals surface area (Å²) in [5, 5.41) is 3.28. The summed E-state index contributed by atoms with van der Waals surface area (Å²) in [7, 11) is 4.17. The van der Waals surface area contributed by atoms with Crippen LogP contribution < -0.4 is 10.2 Å². The highest BCUT2D eigenvalue weighted by molar-refractivity contribution is 5.43. The van der Waals surface area contributed by atoms with E-state index in [9.17, 15) is 0 Å². The average Bonchev–Trinajstić information content (AvgIpc) is 2.38. The van der Waals surface area contributed by atoms with Gasteiger partial charge in [0.25, 0.3) is 0 Å². The highest BCUT2D eigenvalue weighted by Crippen LogP contribution is 2.21. The lowest BCUT2D eigenvalue weighted by Gasteiger charge is -2.39. The van der Waals surface area contributed by atoms with E-state index < -0.39 is 0 Å². The van der Waals surface area contributed by atoms with Crippen molar-refractivity contribution in [3.63, 3.8) is 0 Å². The molecule has 1 N–H and O–H groups in total. The Morgan fingerprint density at radius 3 is 2.89 bits per heavy atom. The maximum atomic E-state index is 4.53. The second kappa shape index (κ2) is 5.67. The highest BCUT2D eigenvalue weighted by Gasteiger charge is 2.22. The number of likely N-dealkylation sites (N-methyl/N-ethyl adjacent to an activating group) is 1. The lowest BCUT2D eigenvalue weighted by molar-refractivity contribution is 0.274. The topological polar surface area (TPSA) is 31.4 Å². The highest BCUT2D eigenvalue weighted by atomic mass is 15.3. The second-order valence-electron chi connectivity index (χ2n) is 5.26. The summed E-state index contributed by atoms with van der Waals surface area (Å²) in [6, 6.07) is 5.19. The second-order valence-corrected chi connectivity index (χ2v) is 5.26. The number of rotatable bonds is 3. The van der Waals surface area contributed by atoms with E-state index in [0.717, 1.165) is 25.5 Å². The van der Waals surface area contributed by atoms with Gasteiger partial charge >= 0.3 is 0 Å². The molecule has 0 spiro atoms. The number of pyridine rings is 1. The first-order valence-corrected chi connectivity index (χ1v) is 6.70. The lowest BCUT2D eigenvalue weighted by Crippen LogP contribution is -2.50. The fourth-order valence-corrected chi connectivity index (χ4v) is 2.51. The molecule has 0 aliphatic carbocycles. The SMILES string of the molecule is CNC(C)c1ccnc(N2CCN(C)CC2C)c1. The first kappa shape index (κ1) is 13.3. The molecule has 1 aliphatic heterocycles. The minimum atomic E-state index is 0.370. The van der Waals surface area contributed by atoms with E-state index in [1.54, 1.807) is 0 Å². The molecule has 2 rings (SSSR count). The van der Waals surface area contributed by atoms with E-state index in [2.05, 4.69) is 53.1 Å². The van der Waals surface area contributed by atoms with Crippen molar-refractivity contribution in [3.05, 3.63) is 23.9 Å². The van der Waals surface area contributed by atoms with Gasteiger partial charge in [0.1, 0.15) is 5.82 Å². The normalized spacial score (nSPS) is 23.1. The Balaban J connectivity index is 2.17. The Kier molecular flexibility index (Phi) is 4.19. The maximum absolute atomic E-state index is 4.53. The van der Waals surface area contributed by atoms with E-state index in [-0.39, 0.29) is 0 Å². The number of piperazine rings is 1. The number of nitrogens with zero attached hydrogens (tertiary/aromatic N) is 3. The summed E-state index contributed by atoms with van der Waals surface area (Å²) < 4.78 is 0. The molecule has 1 aromatic heterocycles. The molecule has 1 aliphatic rings. The predicted octanol–water partition coefficient (Wildman–Crippen LogP) is 1.50. The standard InChI is InChI=1S/C14H24N4/c1-11-10-17(4)7-8-18(11)14-9-13(5-6-16-14)12(2)15-3/h5-6,9,11-12,15H,7-8,10H2,1-4H3. The van der Waals surface area contributed by atoms with Crippen LogP contribution in [0.15, 0.2) is 18.3 Å². The average molecular weight is 248 g/mol. The van der Waals surface area contributed by atoms with Crippen molar-refractivity contribution in [2.75, 3.05) is 38.6 Å². The van der Waals surface area contributed by atoms with Crippen LogP contribution in [0.5, 0.6) is 0 Å². The molecule has 0 aromatic carbocycles. The maximum Gasteiger partial charge on any atom is 0.129 e. The van der Waals surface area contributed by atoms with Crippen molar-refractivity contribution in [1.82, 2.24) is 15.2 Å². The van der Waals surface area contributed by atoms with Crippen molar-refractivity contribution < 1.29 is 0 Å². The van der Waals surface area contributed by atoms with E-state index in [1.165, 1.54) is 5.56 Å². The molecule has 2 heterocycles. The Morgan fingerprint density at radius 2 is 2.22 bits per heavy atom. The summed E-state index contributed by atoms with van der Waals surface area (Å²) in [5.41, 5.74) is 1.30. The molecule has 4 heteroatoms. The van der Waals surface area contributed by atoms with Crippen LogP contribution in [0.3, 0.4) is 0 Å².